The third-order valence-corrected chi connectivity index (χ3v) is 8.76. The van der Waals surface area contributed by atoms with E-state index in [0.717, 1.165) is 40.9 Å². The highest BCUT2D eigenvalue weighted by Gasteiger charge is 2.21. The molecule has 1 aliphatic carbocycles. The maximum absolute atomic E-state index is 12.6. The summed E-state index contributed by atoms with van der Waals surface area (Å²) in [5, 5.41) is 24.9. The Morgan fingerprint density at radius 3 is 2.75 bits per heavy atom. The molecule has 0 spiro atoms. The number of amides is 1. The molecule has 1 aliphatic rings. The van der Waals surface area contributed by atoms with Crippen LogP contribution in [0.2, 0.25) is 0 Å². The molecule has 3 heterocycles. The van der Waals surface area contributed by atoms with Crippen molar-refractivity contribution >= 4 is 45.5 Å². The number of nitrogens with one attached hydrogen (secondary N) is 1. The lowest BCUT2D eigenvalue weighted by molar-refractivity contribution is -0.113. The Morgan fingerprint density at radius 2 is 2.00 bits per heavy atom. The van der Waals surface area contributed by atoms with E-state index in [1.165, 1.54) is 65.6 Å². The lowest BCUT2D eigenvalue weighted by Gasteiger charge is -2.18. The van der Waals surface area contributed by atoms with Gasteiger partial charge >= 0.3 is 0 Å². The lowest BCUT2D eigenvalue weighted by Crippen LogP contribution is -2.14. The minimum atomic E-state index is -0.0884. The molecule has 4 rings (SSSR count). The second kappa shape index (κ2) is 10.9. The van der Waals surface area contributed by atoms with Crippen LogP contribution < -0.4 is 5.32 Å². The molecular formula is C22H30N6OS3. The first-order valence-electron chi connectivity index (χ1n) is 11.4. The van der Waals surface area contributed by atoms with E-state index in [4.69, 9.17) is 0 Å². The maximum Gasteiger partial charge on any atom is 0.236 e. The van der Waals surface area contributed by atoms with Gasteiger partial charge in [0.1, 0.15) is 5.01 Å². The Kier molecular flexibility index (Phi) is 7.96. The molecule has 0 radical (unpaired) electrons. The highest BCUT2D eigenvalue weighted by Crippen LogP contribution is 2.35. The predicted molar refractivity (Wildman–Crippen MR) is 133 cm³/mol. The van der Waals surface area contributed by atoms with E-state index in [2.05, 4.69) is 56.4 Å². The van der Waals surface area contributed by atoms with Gasteiger partial charge in [0, 0.05) is 28.3 Å². The number of rotatable bonds is 9. The summed E-state index contributed by atoms with van der Waals surface area (Å²) in [6.45, 7) is 7.29. The van der Waals surface area contributed by atoms with Crippen molar-refractivity contribution in [3.05, 3.63) is 20.8 Å². The molecule has 32 heavy (non-hydrogen) atoms. The van der Waals surface area contributed by atoms with Crippen LogP contribution in [-0.4, -0.2) is 36.6 Å². The first-order chi connectivity index (χ1) is 15.6. The fraction of sp³-hybridized carbons (Fsp3) is 0.591. The monoisotopic (exact) mass is 490 g/mol. The van der Waals surface area contributed by atoms with Crippen molar-refractivity contribution in [2.24, 2.45) is 0 Å². The minimum absolute atomic E-state index is 0.0884. The van der Waals surface area contributed by atoms with Gasteiger partial charge in [-0.25, -0.2) is 0 Å². The predicted octanol–water partition coefficient (Wildman–Crippen LogP) is 5.92. The number of thioether (sulfide) groups is 1. The molecule has 0 unspecified atom stereocenters. The lowest BCUT2D eigenvalue weighted by atomic mass is 9.90. The number of anilines is 1. The van der Waals surface area contributed by atoms with Crippen LogP contribution in [0, 0.1) is 6.92 Å². The molecule has 1 saturated carbocycles. The number of aromatic nitrogens is 5. The number of thiophene rings is 1. The van der Waals surface area contributed by atoms with E-state index in [9.17, 15) is 4.79 Å². The second-order valence-electron chi connectivity index (χ2n) is 8.11. The molecule has 0 aromatic carbocycles. The summed E-state index contributed by atoms with van der Waals surface area (Å²) in [6, 6.07) is 0. The van der Waals surface area contributed by atoms with Crippen molar-refractivity contribution in [3.63, 3.8) is 0 Å². The van der Waals surface area contributed by atoms with Crippen molar-refractivity contribution in [2.45, 2.75) is 83.3 Å². The van der Waals surface area contributed by atoms with Crippen LogP contribution in [0.1, 0.15) is 73.7 Å². The molecule has 3 aromatic heterocycles. The summed E-state index contributed by atoms with van der Waals surface area (Å²) in [4.78, 5) is 13.9. The normalized spacial score (nSPS) is 14.7. The molecule has 1 N–H and O–H groups in total. The summed E-state index contributed by atoms with van der Waals surface area (Å²) in [5.74, 6) is 1.58. The molecule has 172 valence electrons. The van der Waals surface area contributed by atoms with Crippen LogP contribution in [0.15, 0.2) is 10.5 Å². The molecule has 0 atom stereocenters. The summed E-state index contributed by atoms with van der Waals surface area (Å²) >= 11 is 4.69. The first kappa shape index (κ1) is 23.4. The smallest absolute Gasteiger partial charge is 0.236 e. The van der Waals surface area contributed by atoms with Gasteiger partial charge in [0.05, 0.1) is 5.75 Å². The number of hydrogen-bond acceptors (Lipinski definition) is 8. The molecule has 3 aromatic rings. The molecule has 1 amide bonds. The quantitative estimate of drug-likeness (QED) is 0.375. The van der Waals surface area contributed by atoms with Crippen LogP contribution in [0.5, 0.6) is 0 Å². The minimum Gasteiger partial charge on any atom is -0.302 e. The van der Waals surface area contributed by atoms with Gasteiger partial charge in [-0.15, -0.1) is 31.7 Å². The Hall–Kier alpha value is -1.78. The molecular weight excluding hydrogens is 460 g/mol. The Balaban J connectivity index is 1.40. The summed E-state index contributed by atoms with van der Waals surface area (Å²) in [5.41, 5.74) is 2.50. The fourth-order valence-corrected chi connectivity index (χ4v) is 6.84. The number of carbonyl (C=O) groups excluding carboxylic acids is 1. The molecule has 0 aliphatic heterocycles. The van der Waals surface area contributed by atoms with Crippen LogP contribution in [-0.2, 0) is 17.8 Å². The zero-order valence-electron chi connectivity index (χ0n) is 18.9. The van der Waals surface area contributed by atoms with Gasteiger partial charge in [-0.2, -0.15) is 0 Å². The van der Waals surface area contributed by atoms with Crippen molar-refractivity contribution in [3.8, 4) is 11.4 Å². The summed E-state index contributed by atoms with van der Waals surface area (Å²) in [6.07, 6.45) is 8.13. The number of carbonyl (C=O) groups is 1. The van der Waals surface area contributed by atoms with Gasteiger partial charge < -0.3 is 4.57 Å². The van der Waals surface area contributed by atoms with Gasteiger partial charge in [-0.05, 0) is 38.2 Å². The summed E-state index contributed by atoms with van der Waals surface area (Å²) in [7, 11) is 0. The SMILES string of the molecule is CCCn1c(SCC(=O)Nc2nnc(C3CCCCC3)s2)nnc1-c1csc(C)c1CC. The average molecular weight is 491 g/mol. The van der Waals surface area contributed by atoms with Crippen LogP contribution in [0.4, 0.5) is 5.13 Å². The second-order valence-corrected chi connectivity index (χ2v) is 11.1. The number of nitrogens with zero attached hydrogens (tertiary/aromatic N) is 5. The van der Waals surface area contributed by atoms with E-state index < -0.39 is 0 Å². The van der Waals surface area contributed by atoms with Gasteiger partial charge in [0.25, 0.3) is 0 Å². The Labute approximate surface area is 201 Å². The third-order valence-electron chi connectivity index (χ3n) is 5.84. The molecule has 10 heteroatoms. The topological polar surface area (TPSA) is 85.6 Å². The zero-order valence-corrected chi connectivity index (χ0v) is 21.3. The third kappa shape index (κ3) is 5.23. The van der Waals surface area contributed by atoms with E-state index in [1.807, 2.05) is 0 Å². The zero-order chi connectivity index (χ0) is 22.5. The van der Waals surface area contributed by atoms with Crippen molar-refractivity contribution in [1.82, 2.24) is 25.0 Å². The largest absolute Gasteiger partial charge is 0.302 e. The standard InChI is InChI=1S/C22H30N6OS3/c1-4-11-28-19(17-12-30-14(3)16(17)5-2)24-27-22(28)31-13-18(29)23-21-26-25-20(32-21)15-9-7-6-8-10-15/h12,15H,4-11,13H2,1-3H3,(H,23,26,29). The van der Waals surface area contributed by atoms with Crippen LogP contribution >= 0.6 is 34.4 Å². The Morgan fingerprint density at radius 1 is 1.19 bits per heavy atom. The number of hydrogen-bond donors (Lipinski definition) is 1. The summed E-state index contributed by atoms with van der Waals surface area (Å²) < 4.78 is 2.14. The molecule has 0 saturated heterocycles. The first-order valence-corrected chi connectivity index (χ1v) is 14.0. The highest BCUT2D eigenvalue weighted by atomic mass is 32.2. The number of aryl methyl sites for hydroxylation is 1. The van der Waals surface area contributed by atoms with Gasteiger partial charge in [-0.3, -0.25) is 10.1 Å². The van der Waals surface area contributed by atoms with Crippen molar-refractivity contribution < 1.29 is 4.79 Å². The highest BCUT2D eigenvalue weighted by molar-refractivity contribution is 7.99. The van der Waals surface area contributed by atoms with Crippen LogP contribution in [0.25, 0.3) is 11.4 Å². The molecule has 1 fully saturated rings. The average Bonchev–Trinajstić information content (AvgIpc) is 3.52. The Bertz CT molecular complexity index is 1050. The van der Waals surface area contributed by atoms with Gasteiger partial charge in [-0.1, -0.05) is 56.2 Å². The van der Waals surface area contributed by atoms with Gasteiger partial charge in [0.2, 0.25) is 11.0 Å². The van der Waals surface area contributed by atoms with Crippen molar-refractivity contribution in [2.75, 3.05) is 11.1 Å². The van der Waals surface area contributed by atoms with E-state index in [-0.39, 0.29) is 11.7 Å². The van der Waals surface area contributed by atoms with Gasteiger partial charge in [0.15, 0.2) is 11.0 Å². The van der Waals surface area contributed by atoms with E-state index in [1.54, 1.807) is 11.3 Å². The molecule has 7 nitrogen and oxygen atoms in total. The fourth-order valence-electron chi connectivity index (χ4n) is 4.21. The van der Waals surface area contributed by atoms with Crippen molar-refractivity contribution in [1.29, 1.82) is 0 Å². The molecule has 0 bridgehead atoms. The van der Waals surface area contributed by atoms with E-state index in [0.29, 0.717) is 11.0 Å². The van der Waals surface area contributed by atoms with Crippen LogP contribution in [0.3, 0.4) is 0 Å². The van der Waals surface area contributed by atoms with E-state index >= 15 is 0 Å². The maximum atomic E-state index is 12.6.